The minimum Gasteiger partial charge on any atom is -0.502 e. The fourth-order valence-electron chi connectivity index (χ4n) is 1.73. The summed E-state index contributed by atoms with van der Waals surface area (Å²) in [6.45, 7) is 2.01. The molecule has 0 bridgehead atoms. The third kappa shape index (κ3) is 8.63. The molecule has 0 aromatic heterocycles. The number of nitrogens with two attached hydrogens (primary N) is 2. The molecule has 2 atom stereocenters. The van der Waals surface area contributed by atoms with Crippen molar-refractivity contribution in [1.82, 2.24) is 0 Å². The quantitative estimate of drug-likeness (QED) is 0.331. The number of nitro groups is 1. The lowest BCUT2D eigenvalue weighted by atomic mass is 10.1. The van der Waals surface area contributed by atoms with Crippen molar-refractivity contribution in [3.05, 3.63) is 33.9 Å². The molecule has 0 aliphatic carbocycles. The summed E-state index contributed by atoms with van der Waals surface area (Å²) >= 11 is 0. The van der Waals surface area contributed by atoms with Gasteiger partial charge in [0.1, 0.15) is 12.1 Å². The number of aliphatic carboxylic acids is 2. The summed E-state index contributed by atoms with van der Waals surface area (Å²) < 4.78 is 0. The molecular weight excluding hydrogens is 334 g/mol. The minimum atomic E-state index is -1.18. The molecule has 0 spiro atoms. The van der Waals surface area contributed by atoms with E-state index in [9.17, 15) is 19.7 Å². The highest BCUT2D eigenvalue weighted by molar-refractivity contribution is 5.73. The van der Waals surface area contributed by atoms with Gasteiger partial charge in [-0.1, -0.05) is 25.8 Å². The van der Waals surface area contributed by atoms with Gasteiger partial charge in [0.15, 0.2) is 5.75 Å². The van der Waals surface area contributed by atoms with E-state index >= 15 is 0 Å². The van der Waals surface area contributed by atoms with Gasteiger partial charge in [0.25, 0.3) is 0 Å². The van der Waals surface area contributed by atoms with Crippen molar-refractivity contribution < 1.29 is 29.8 Å². The molecular formula is C15H23N3O7. The van der Waals surface area contributed by atoms with Crippen LogP contribution in [0.4, 0.5) is 5.69 Å². The maximum atomic E-state index is 10.5. The van der Waals surface area contributed by atoms with Crippen molar-refractivity contribution in [2.45, 2.75) is 44.7 Å². The van der Waals surface area contributed by atoms with Gasteiger partial charge in [-0.05, 0) is 24.5 Å². The average Bonchev–Trinajstić information content (AvgIpc) is 2.54. The Hall–Kier alpha value is -2.72. The Bertz CT molecular complexity index is 607. The van der Waals surface area contributed by atoms with Gasteiger partial charge in [0.2, 0.25) is 0 Å². The van der Waals surface area contributed by atoms with Crippen molar-refractivity contribution in [1.29, 1.82) is 0 Å². The Labute approximate surface area is 144 Å². The zero-order chi connectivity index (χ0) is 19.6. The van der Waals surface area contributed by atoms with Gasteiger partial charge in [-0.25, -0.2) is 0 Å². The van der Waals surface area contributed by atoms with Crippen LogP contribution in [0.5, 0.6) is 5.75 Å². The van der Waals surface area contributed by atoms with E-state index in [1.807, 2.05) is 6.92 Å². The number of nitro benzene ring substituents is 1. The normalized spacial score (nSPS) is 12.4. The summed E-state index contributed by atoms with van der Waals surface area (Å²) in [4.78, 5) is 30.3. The summed E-state index contributed by atoms with van der Waals surface area (Å²) in [5, 5.41) is 36.5. The van der Waals surface area contributed by atoms with E-state index < -0.39 is 40.4 Å². The molecule has 25 heavy (non-hydrogen) atoms. The van der Waals surface area contributed by atoms with Crippen LogP contribution in [-0.4, -0.2) is 44.3 Å². The third-order valence-corrected chi connectivity index (χ3v) is 3.20. The molecule has 10 nitrogen and oxygen atoms in total. The molecule has 10 heteroatoms. The van der Waals surface area contributed by atoms with Gasteiger partial charge in [0, 0.05) is 6.07 Å². The number of rotatable bonds is 8. The van der Waals surface area contributed by atoms with Crippen LogP contribution in [0.1, 0.15) is 31.7 Å². The molecule has 0 saturated carbocycles. The first-order chi connectivity index (χ1) is 11.6. The van der Waals surface area contributed by atoms with Crippen LogP contribution in [0.25, 0.3) is 0 Å². The van der Waals surface area contributed by atoms with E-state index in [0.29, 0.717) is 12.0 Å². The molecule has 0 heterocycles. The molecule has 0 fully saturated rings. The Balaban J connectivity index is 0.000000547. The van der Waals surface area contributed by atoms with E-state index in [1.165, 1.54) is 6.07 Å². The van der Waals surface area contributed by atoms with Crippen LogP contribution in [0.3, 0.4) is 0 Å². The summed E-state index contributed by atoms with van der Waals surface area (Å²) in [6, 6.07) is 1.86. The monoisotopic (exact) mass is 357 g/mol. The molecule has 1 aromatic carbocycles. The number of hydrogen-bond donors (Lipinski definition) is 5. The summed E-state index contributed by atoms with van der Waals surface area (Å²) in [5.74, 6) is -2.54. The van der Waals surface area contributed by atoms with Crippen molar-refractivity contribution in [3.63, 3.8) is 0 Å². The van der Waals surface area contributed by atoms with Crippen molar-refractivity contribution in [2.24, 2.45) is 11.5 Å². The number of phenolic OH excluding ortho intramolecular Hbond substituents is 1. The molecule has 140 valence electrons. The Morgan fingerprint density at radius 2 is 1.76 bits per heavy atom. The number of hydrogen-bond acceptors (Lipinski definition) is 7. The molecule has 7 N–H and O–H groups in total. The van der Waals surface area contributed by atoms with Gasteiger partial charge < -0.3 is 26.8 Å². The second kappa shape index (κ2) is 10.9. The highest BCUT2D eigenvalue weighted by Crippen LogP contribution is 2.26. The number of benzene rings is 1. The average molecular weight is 357 g/mol. The molecule has 0 aliphatic rings. The molecule has 2 unspecified atom stereocenters. The predicted molar refractivity (Wildman–Crippen MR) is 89.2 cm³/mol. The summed E-state index contributed by atoms with van der Waals surface area (Å²) in [5.41, 5.74) is 10.4. The van der Waals surface area contributed by atoms with Crippen LogP contribution < -0.4 is 11.5 Å². The number of carboxylic acids is 2. The van der Waals surface area contributed by atoms with Crippen molar-refractivity contribution >= 4 is 17.6 Å². The highest BCUT2D eigenvalue weighted by atomic mass is 16.6. The van der Waals surface area contributed by atoms with E-state index in [2.05, 4.69) is 0 Å². The number of nitrogens with zero attached hydrogens (tertiary/aromatic N) is 1. The Morgan fingerprint density at radius 3 is 2.20 bits per heavy atom. The van der Waals surface area contributed by atoms with Crippen molar-refractivity contribution in [2.75, 3.05) is 0 Å². The number of carboxylic acid groups (broad SMARTS) is 2. The lowest BCUT2D eigenvalue weighted by molar-refractivity contribution is -0.385. The second-order valence-electron chi connectivity index (χ2n) is 5.32. The van der Waals surface area contributed by atoms with Gasteiger partial charge >= 0.3 is 17.6 Å². The number of aromatic hydroxyl groups is 1. The zero-order valence-corrected chi connectivity index (χ0v) is 13.8. The number of unbranched alkanes of at least 4 members (excludes halogenated alkanes) is 1. The summed E-state index contributed by atoms with van der Waals surface area (Å²) in [7, 11) is 0. The number of phenols is 1. The van der Waals surface area contributed by atoms with Gasteiger partial charge in [-0.2, -0.15) is 0 Å². The molecule has 0 amide bonds. The largest absolute Gasteiger partial charge is 0.502 e. The fourth-order valence-corrected chi connectivity index (χ4v) is 1.73. The third-order valence-electron chi connectivity index (χ3n) is 3.20. The zero-order valence-electron chi connectivity index (χ0n) is 13.8. The topological polar surface area (TPSA) is 190 Å². The van der Waals surface area contributed by atoms with E-state index in [-0.39, 0.29) is 6.42 Å². The minimum absolute atomic E-state index is 0.0313. The highest BCUT2D eigenvalue weighted by Gasteiger charge is 2.17. The molecule has 1 rings (SSSR count). The van der Waals surface area contributed by atoms with E-state index in [4.69, 9.17) is 26.8 Å². The predicted octanol–water partition coefficient (Wildman–Crippen LogP) is 0.843. The van der Waals surface area contributed by atoms with Gasteiger partial charge in [-0.15, -0.1) is 0 Å². The lowest BCUT2D eigenvalue weighted by Gasteiger charge is -2.06. The molecule has 1 aromatic rings. The van der Waals surface area contributed by atoms with Gasteiger partial charge in [-0.3, -0.25) is 19.7 Å². The molecule has 0 radical (unpaired) electrons. The van der Waals surface area contributed by atoms with Crippen LogP contribution in [-0.2, 0) is 16.0 Å². The van der Waals surface area contributed by atoms with Crippen LogP contribution >= 0.6 is 0 Å². The second-order valence-corrected chi connectivity index (χ2v) is 5.32. The first-order valence-electron chi connectivity index (χ1n) is 7.53. The van der Waals surface area contributed by atoms with Crippen molar-refractivity contribution in [3.8, 4) is 5.75 Å². The fraction of sp³-hybridized carbons (Fsp3) is 0.467. The maximum Gasteiger partial charge on any atom is 0.320 e. The first kappa shape index (κ1) is 22.3. The number of carbonyl (C=O) groups is 2. The lowest BCUT2D eigenvalue weighted by Crippen LogP contribution is -2.32. The van der Waals surface area contributed by atoms with Gasteiger partial charge in [0.05, 0.1) is 4.92 Å². The molecule has 0 saturated heterocycles. The maximum absolute atomic E-state index is 10.5. The molecule has 0 aliphatic heterocycles. The van der Waals surface area contributed by atoms with Crippen LogP contribution in [0, 0.1) is 10.1 Å². The Kier molecular flexibility index (Phi) is 9.75. The van der Waals surface area contributed by atoms with Crippen LogP contribution in [0.15, 0.2) is 18.2 Å². The summed E-state index contributed by atoms with van der Waals surface area (Å²) in [6.07, 6.45) is 2.46. The SMILES string of the molecule is CCCCC(N)C(=O)O.NC(Cc1ccc(O)c([N+](=O)[O-])c1)C(=O)O. The van der Waals surface area contributed by atoms with Crippen LogP contribution in [0.2, 0.25) is 0 Å². The van der Waals surface area contributed by atoms with E-state index in [1.54, 1.807) is 0 Å². The smallest absolute Gasteiger partial charge is 0.320 e. The first-order valence-corrected chi connectivity index (χ1v) is 7.53. The Morgan fingerprint density at radius 1 is 1.20 bits per heavy atom. The van der Waals surface area contributed by atoms with E-state index in [0.717, 1.165) is 25.0 Å². The standard InChI is InChI=1S/C9H10N2O5.C6H13NO2/c10-6(9(13)14)3-5-1-2-8(12)7(4-5)11(15)16;1-2-3-4-5(7)6(8)9/h1-2,4,6,12H,3,10H2,(H,13,14);5H,2-4,7H2,1H3,(H,8,9).